The maximum Gasteiger partial charge on any atom is 1.00 e. The van der Waals surface area contributed by atoms with Gasteiger partial charge in [-0.3, -0.25) is 0 Å². The van der Waals surface area contributed by atoms with Crippen molar-refractivity contribution in [2.24, 2.45) is 0 Å². The van der Waals surface area contributed by atoms with E-state index in [0.29, 0.717) is 0 Å². The minimum Gasteiger partial charge on any atom is -0.539 e. The number of hydrogen-bond donors (Lipinski definition) is 0. The van der Waals surface area contributed by atoms with Crippen molar-refractivity contribution in [3.63, 3.8) is 0 Å². The van der Waals surface area contributed by atoms with E-state index in [4.69, 9.17) is 0 Å². The van der Waals surface area contributed by atoms with E-state index >= 15 is 0 Å². The van der Waals surface area contributed by atoms with Gasteiger partial charge in [0, 0.05) is 0 Å². The molecule has 0 rings (SSSR count). The Labute approximate surface area is 132 Å². The third-order valence-corrected chi connectivity index (χ3v) is 2.65. The number of carbonyl (C=O) groups excluding carboxylic acids is 2. The molecule has 0 saturated heterocycles. The molecule has 0 heterocycles. The van der Waals surface area contributed by atoms with Crippen molar-refractivity contribution in [2.75, 3.05) is 6.61 Å². The predicted molar refractivity (Wildman–Crippen MR) is 63.2 cm³/mol. The zero-order chi connectivity index (χ0) is 12.9. The van der Waals surface area contributed by atoms with Crippen molar-refractivity contribution in [1.29, 1.82) is 0 Å². The summed E-state index contributed by atoms with van der Waals surface area (Å²) in [4.78, 5) is 20.5. The normalized spacial score (nSPS) is 9.61. The molecule has 18 heavy (non-hydrogen) atoms. The van der Waals surface area contributed by atoms with Crippen molar-refractivity contribution in [3.05, 3.63) is 0 Å². The molecule has 4 nitrogen and oxygen atoms in total. The molecule has 0 saturated carbocycles. The zero-order valence-electron chi connectivity index (χ0n) is 11.7. The van der Waals surface area contributed by atoms with Gasteiger partial charge in [0.2, 0.25) is 0 Å². The van der Waals surface area contributed by atoms with Gasteiger partial charge < -0.3 is 14.6 Å². The average molecular weight is 266 g/mol. The van der Waals surface area contributed by atoms with E-state index < -0.39 is 11.9 Å². The van der Waals surface area contributed by atoms with E-state index in [1.807, 2.05) is 0 Å². The number of aliphatic carboxylic acids is 1. The van der Waals surface area contributed by atoms with Gasteiger partial charge in [-0.05, 0) is 6.42 Å². The van der Waals surface area contributed by atoms with E-state index in [0.717, 1.165) is 19.3 Å². The summed E-state index contributed by atoms with van der Waals surface area (Å²) >= 11 is 0. The van der Waals surface area contributed by atoms with Crippen molar-refractivity contribution >= 4 is 11.9 Å². The summed E-state index contributed by atoms with van der Waals surface area (Å²) in [5, 5.41) is 10.0. The van der Waals surface area contributed by atoms with E-state index in [1.54, 1.807) is 0 Å². The second-order valence-corrected chi connectivity index (χ2v) is 4.25. The van der Waals surface area contributed by atoms with Crippen molar-refractivity contribution < 1.29 is 49.0 Å². The summed E-state index contributed by atoms with van der Waals surface area (Å²) in [5.74, 6) is -3.02. The maximum absolute atomic E-state index is 10.5. The van der Waals surface area contributed by atoms with E-state index in [2.05, 4.69) is 11.7 Å². The third-order valence-electron chi connectivity index (χ3n) is 2.65. The first-order chi connectivity index (χ1) is 8.18. The Bertz CT molecular complexity index is 219. The first kappa shape index (κ1) is 20.3. The minimum atomic E-state index is -1.76. The van der Waals surface area contributed by atoms with Gasteiger partial charge in [-0.2, -0.15) is 0 Å². The summed E-state index contributed by atoms with van der Waals surface area (Å²) in [7, 11) is 0. The van der Waals surface area contributed by atoms with Crippen LogP contribution in [0.2, 0.25) is 0 Å². The molecule has 0 aromatic heterocycles. The molecule has 0 N–H and O–H groups in total. The van der Waals surface area contributed by atoms with Gasteiger partial charge in [-0.15, -0.1) is 0 Å². The Kier molecular flexibility index (Phi) is 16.9. The molecule has 0 unspecified atom stereocenters. The first-order valence-corrected chi connectivity index (χ1v) is 6.56. The van der Waals surface area contributed by atoms with Crippen molar-refractivity contribution in [2.45, 2.75) is 64.7 Å². The van der Waals surface area contributed by atoms with Crippen LogP contribution < -0.4 is 34.7 Å². The average Bonchev–Trinajstić information content (AvgIpc) is 2.31. The number of esters is 1. The topological polar surface area (TPSA) is 66.4 Å². The predicted octanol–water partition coefficient (Wildman–Crippen LogP) is -1.19. The number of ether oxygens (including phenoxy) is 1. The van der Waals surface area contributed by atoms with Gasteiger partial charge in [0.05, 0.1) is 6.61 Å². The van der Waals surface area contributed by atoms with Crippen LogP contribution >= 0.6 is 0 Å². The number of unbranched alkanes of at least 4 members (excludes halogenated alkanes) is 8. The fourth-order valence-corrected chi connectivity index (χ4v) is 1.64. The molecule has 0 aliphatic heterocycles. The fraction of sp³-hybridized carbons (Fsp3) is 0.846. The second-order valence-electron chi connectivity index (χ2n) is 4.25. The quantitative estimate of drug-likeness (QED) is 0.216. The largest absolute Gasteiger partial charge is 1.00 e. The summed E-state index contributed by atoms with van der Waals surface area (Å²) in [6.07, 6.45) is 10.5. The van der Waals surface area contributed by atoms with Crippen molar-refractivity contribution in [3.8, 4) is 0 Å². The van der Waals surface area contributed by atoms with Crippen LogP contribution in [0.3, 0.4) is 0 Å². The zero-order valence-corrected chi connectivity index (χ0v) is 13.7. The fourth-order valence-electron chi connectivity index (χ4n) is 1.64. The van der Waals surface area contributed by atoms with Crippen LogP contribution in [0.25, 0.3) is 0 Å². The number of carbonyl (C=O) groups is 2. The van der Waals surface area contributed by atoms with E-state index in [-0.39, 0.29) is 36.2 Å². The van der Waals surface area contributed by atoms with Gasteiger partial charge in [0.1, 0.15) is 0 Å². The summed E-state index contributed by atoms with van der Waals surface area (Å²) < 4.78 is 4.46. The van der Waals surface area contributed by atoms with Crippen LogP contribution in [-0.2, 0) is 14.3 Å². The van der Waals surface area contributed by atoms with Gasteiger partial charge in [0.15, 0.2) is 5.97 Å². The summed E-state index contributed by atoms with van der Waals surface area (Å²) in [5.41, 5.74) is 0. The molecular formula is C13H23NaO4. The van der Waals surface area contributed by atoms with Crippen LogP contribution in [0.1, 0.15) is 64.7 Å². The van der Waals surface area contributed by atoms with Gasteiger partial charge in [-0.25, -0.2) is 4.79 Å². The SMILES string of the molecule is CCCCCCCCCCCOC(=O)C(=O)[O-].[Na+]. The Morgan fingerprint density at radius 3 is 1.78 bits per heavy atom. The molecule has 0 spiro atoms. The molecule has 100 valence electrons. The molecule has 0 atom stereocenters. The number of carboxylic acids is 1. The molecule has 5 heteroatoms. The Morgan fingerprint density at radius 1 is 0.889 bits per heavy atom. The van der Waals surface area contributed by atoms with E-state index in [9.17, 15) is 14.7 Å². The van der Waals surface area contributed by atoms with Crippen LogP contribution in [-0.4, -0.2) is 18.5 Å². The molecule has 0 aliphatic rings. The summed E-state index contributed by atoms with van der Waals surface area (Å²) in [6, 6.07) is 0. The molecule has 0 aliphatic carbocycles. The van der Waals surface area contributed by atoms with Crippen LogP contribution in [0.15, 0.2) is 0 Å². The maximum atomic E-state index is 10.5. The Hall–Kier alpha value is -0.0600. The van der Waals surface area contributed by atoms with Crippen LogP contribution in [0, 0.1) is 0 Å². The summed E-state index contributed by atoms with van der Waals surface area (Å²) in [6.45, 7) is 2.39. The molecule has 0 fully saturated rings. The first-order valence-electron chi connectivity index (χ1n) is 6.56. The Morgan fingerprint density at radius 2 is 1.33 bits per heavy atom. The second kappa shape index (κ2) is 15.0. The van der Waals surface area contributed by atoms with Gasteiger partial charge >= 0.3 is 35.5 Å². The smallest absolute Gasteiger partial charge is 0.539 e. The van der Waals surface area contributed by atoms with Crippen molar-refractivity contribution in [1.82, 2.24) is 0 Å². The molecular weight excluding hydrogens is 243 g/mol. The molecule has 0 aromatic carbocycles. The molecule has 0 radical (unpaired) electrons. The van der Waals surface area contributed by atoms with Crippen LogP contribution in [0.4, 0.5) is 0 Å². The molecule has 0 amide bonds. The standard InChI is InChI=1S/C13H24O4.Na/c1-2-3-4-5-6-7-8-9-10-11-17-13(16)12(14)15;/h2-11H2,1H3,(H,14,15);/q;+1/p-1. The number of rotatable bonds is 10. The number of hydrogen-bond acceptors (Lipinski definition) is 4. The van der Waals surface area contributed by atoms with Crippen LogP contribution in [0.5, 0.6) is 0 Å². The monoisotopic (exact) mass is 266 g/mol. The minimum absolute atomic E-state index is 0. The molecule has 0 aromatic rings. The number of carboxylic acid groups (broad SMARTS) is 1. The van der Waals surface area contributed by atoms with Gasteiger partial charge in [0.25, 0.3) is 0 Å². The molecule has 0 bridgehead atoms. The van der Waals surface area contributed by atoms with E-state index in [1.165, 1.54) is 38.5 Å². The Balaban J connectivity index is 0. The third kappa shape index (κ3) is 14.0. The van der Waals surface area contributed by atoms with Gasteiger partial charge in [-0.1, -0.05) is 58.3 Å².